The van der Waals surface area contributed by atoms with Gasteiger partial charge in [0.05, 0.1) is 11.4 Å². The van der Waals surface area contributed by atoms with Crippen molar-refractivity contribution in [3.8, 4) is 22.5 Å². The summed E-state index contributed by atoms with van der Waals surface area (Å²) in [5.74, 6) is 0. The number of hydrogen-bond donors (Lipinski definition) is 1. The number of likely N-dealkylation sites (N-methyl/N-ethyl adjacent to an activating group) is 1. The van der Waals surface area contributed by atoms with E-state index in [1.807, 2.05) is 19.2 Å². The minimum atomic E-state index is 0.967. The van der Waals surface area contributed by atoms with E-state index in [4.69, 9.17) is 0 Å². The smallest absolute Gasteiger partial charge is 0.0927 e. The molecule has 0 amide bonds. The Morgan fingerprint density at radius 1 is 0.920 bits per heavy atom. The van der Waals surface area contributed by atoms with Crippen molar-refractivity contribution in [1.29, 1.82) is 0 Å². The number of benzene rings is 1. The van der Waals surface area contributed by atoms with Gasteiger partial charge in [-0.1, -0.05) is 12.1 Å². The zero-order chi connectivity index (χ0) is 17.2. The van der Waals surface area contributed by atoms with Gasteiger partial charge in [-0.15, -0.1) is 0 Å². The Hall–Kier alpha value is -2.66. The molecular formula is C20H23N5. The van der Waals surface area contributed by atoms with Gasteiger partial charge in [-0.05, 0) is 44.3 Å². The first-order valence-corrected chi connectivity index (χ1v) is 8.71. The van der Waals surface area contributed by atoms with Gasteiger partial charge in [0.15, 0.2) is 0 Å². The molecule has 1 N–H and O–H groups in total. The lowest BCUT2D eigenvalue weighted by Crippen LogP contribution is -2.44. The second-order valence-electron chi connectivity index (χ2n) is 6.69. The molecule has 3 aromatic rings. The lowest BCUT2D eigenvalue weighted by atomic mass is 10.1. The molecular weight excluding hydrogens is 310 g/mol. The zero-order valence-electron chi connectivity index (χ0n) is 14.7. The number of rotatable bonds is 3. The summed E-state index contributed by atoms with van der Waals surface area (Å²) in [5.41, 5.74) is 6.52. The summed E-state index contributed by atoms with van der Waals surface area (Å²) in [4.78, 5) is 9.06. The third-order valence-corrected chi connectivity index (χ3v) is 4.82. The lowest BCUT2D eigenvalue weighted by molar-refractivity contribution is 0.313. The van der Waals surface area contributed by atoms with Crippen LogP contribution in [-0.2, 0) is 0 Å². The molecule has 1 aromatic carbocycles. The first-order valence-electron chi connectivity index (χ1n) is 8.71. The number of pyridine rings is 1. The Morgan fingerprint density at radius 2 is 1.68 bits per heavy atom. The molecule has 4 rings (SSSR count). The molecule has 0 unspecified atom stereocenters. The number of aromatic amines is 1. The van der Waals surface area contributed by atoms with Gasteiger partial charge < -0.3 is 9.80 Å². The quantitative estimate of drug-likeness (QED) is 0.800. The van der Waals surface area contributed by atoms with Gasteiger partial charge in [0.25, 0.3) is 0 Å². The highest BCUT2D eigenvalue weighted by atomic mass is 15.2. The van der Waals surface area contributed by atoms with E-state index in [0.717, 1.165) is 54.4 Å². The topological polar surface area (TPSA) is 48.0 Å². The number of nitrogens with one attached hydrogen (secondary N) is 1. The third kappa shape index (κ3) is 3.42. The molecule has 5 nitrogen and oxygen atoms in total. The molecule has 0 aliphatic carbocycles. The monoisotopic (exact) mass is 333 g/mol. The van der Waals surface area contributed by atoms with Crippen LogP contribution in [0.1, 0.15) is 5.69 Å². The fraction of sp³-hybridized carbons (Fsp3) is 0.300. The molecule has 1 aliphatic heterocycles. The van der Waals surface area contributed by atoms with Crippen LogP contribution in [0.25, 0.3) is 22.5 Å². The molecule has 3 heterocycles. The SMILES string of the molecule is Cc1cc(-c2cc(-c3ccc(N4CCN(C)CC4)cc3)n[nH]2)ccn1. The van der Waals surface area contributed by atoms with Crippen LogP contribution in [0.3, 0.4) is 0 Å². The van der Waals surface area contributed by atoms with Crippen molar-refractivity contribution in [2.75, 3.05) is 38.1 Å². The van der Waals surface area contributed by atoms with Crippen molar-refractivity contribution >= 4 is 5.69 Å². The Balaban J connectivity index is 1.53. The molecule has 128 valence electrons. The number of aromatic nitrogens is 3. The number of nitrogens with zero attached hydrogens (tertiary/aromatic N) is 4. The number of hydrogen-bond acceptors (Lipinski definition) is 4. The van der Waals surface area contributed by atoms with Crippen LogP contribution in [0, 0.1) is 6.92 Å². The Bertz CT molecular complexity index is 845. The van der Waals surface area contributed by atoms with Crippen molar-refractivity contribution in [2.45, 2.75) is 6.92 Å². The standard InChI is InChI=1S/C20H23N5/c1-15-13-17(7-8-21-15)20-14-19(22-23-20)16-3-5-18(6-4-16)25-11-9-24(2)10-12-25/h3-8,13-14H,9-12H2,1-2H3,(H,22,23). The first kappa shape index (κ1) is 15.8. The minimum absolute atomic E-state index is 0.967. The summed E-state index contributed by atoms with van der Waals surface area (Å²) >= 11 is 0. The van der Waals surface area contributed by atoms with E-state index >= 15 is 0 Å². The number of aryl methyl sites for hydroxylation is 1. The average Bonchev–Trinajstić information content (AvgIpc) is 3.13. The van der Waals surface area contributed by atoms with Crippen molar-refractivity contribution in [3.63, 3.8) is 0 Å². The maximum atomic E-state index is 4.48. The van der Waals surface area contributed by atoms with Crippen LogP contribution >= 0.6 is 0 Å². The van der Waals surface area contributed by atoms with Crippen molar-refractivity contribution in [3.05, 3.63) is 54.4 Å². The maximum Gasteiger partial charge on any atom is 0.0927 e. The van der Waals surface area contributed by atoms with Crippen LogP contribution in [0.5, 0.6) is 0 Å². The van der Waals surface area contributed by atoms with E-state index in [0.29, 0.717) is 0 Å². The van der Waals surface area contributed by atoms with E-state index in [1.54, 1.807) is 0 Å². The van der Waals surface area contributed by atoms with Gasteiger partial charge in [0, 0.05) is 54.9 Å². The molecule has 25 heavy (non-hydrogen) atoms. The van der Waals surface area contributed by atoms with E-state index in [-0.39, 0.29) is 0 Å². The summed E-state index contributed by atoms with van der Waals surface area (Å²) in [6.07, 6.45) is 1.83. The molecule has 0 saturated carbocycles. The van der Waals surface area contributed by atoms with E-state index in [9.17, 15) is 0 Å². The van der Waals surface area contributed by atoms with Crippen LogP contribution in [-0.4, -0.2) is 53.3 Å². The summed E-state index contributed by atoms with van der Waals surface area (Å²) < 4.78 is 0. The molecule has 0 atom stereocenters. The predicted molar refractivity (Wildman–Crippen MR) is 102 cm³/mol. The van der Waals surface area contributed by atoms with Crippen molar-refractivity contribution in [1.82, 2.24) is 20.1 Å². The fourth-order valence-corrected chi connectivity index (χ4v) is 3.24. The molecule has 0 spiro atoms. The lowest BCUT2D eigenvalue weighted by Gasteiger charge is -2.34. The summed E-state index contributed by atoms with van der Waals surface area (Å²) in [6.45, 7) is 6.41. The van der Waals surface area contributed by atoms with Crippen LogP contribution in [0.15, 0.2) is 48.7 Å². The zero-order valence-corrected chi connectivity index (χ0v) is 14.7. The summed E-state index contributed by atoms with van der Waals surface area (Å²) in [6, 6.07) is 14.9. The molecule has 0 bridgehead atoms. The van der Waals surface area contributed by atoms with Gasteiger partial charge in [-0.2, -0.15) is 5.10 Å². The van der Waals surface area contributed by atoms with Gasteiger partial charge in [-0.3, -0.25) is 10.1 Å². The predicted octanol–water partition coefficient (Wildman–Crippen LogP) is 3.20. The second kappa shape index (κ2) is 6.69. The summed E-state index contributed by atoms with van der Waals surface area (Å²) in [7, 11) is 2.18. The first-order chi connectivity index (χ1) is 12.2. The second-order valence-corrected chi connectivity index (χ2v) is 6.69. The maximum absolute atomic E-state index is 4.48. The van der Waals surface area contributed by atoms with E-state index < -0.39 is 0 Å². The van der Waals surface area contributed by atoms with E-state index in [2.05, 4.69) is 68.4 Å². The Kier molecular flexibility index (Phi) is 4.24. The Morgan fingerprint density at radius 3 is 2.40 bits per heavy atom. The third-order valence-electron chi connectivity index (χ3n) is 4.82. The van der Waals surface area contributed by atoms with Gasteiger partial charge in [-0.25, -0.2) is 0 Å². The highest BCUT2D eigenvalue weighted by Crippen LogP contribution is 2.26. The molecule has 1 saturated heterocycles. The number of anilines is 1. The highest BCUT2D eigenvalue weighted by Gasteiger charge is 2.14. The highest BCUT2D eigenvalue weighted by molar-refractivity contribution is 5.69. The summed E-state index contributed by atoms with van der Waals surface area (Å²) in [5, 5.41) is 7.62. The number of H-pyrrole nitrogens is 1. The van der Waals surface area contributed by atoms with Crippen molar-refractivity contribution < 1.29 is 0 Å². The van der Waals surface area contributed by atoms with Crippen LogP contribution in [0.2, 0.25) is 0 Å². The number of piperazine rings is 1. The average molecular weight is 333 g/mol. The Labute approximate surface area is 148 Å². The largest absolute Gasteiger partial charge is 0.369 e. The fourth-order valence-electron chi connectivity index (χ4n) is 3.24. The molecule has 5 heteroatoms. The minimum Gasteiger partial charge on any atom is -0.369 e. The van der Waals surface area contributed by atoms with Gasteiger partial charge in [0.1, 0.15) is 0 Å². The van der Waals surface area contributed by atoms with Crippen LogP contribution in [0.4, 0.5) is 5.69 Å². The normalized spacial score (nSPS) is 15.5. The molecule has 1 fully saturated rings. The molecule has 0 radical (unpaired) electrons. The van der Waals surface area contributed by atoms with Crippen LogP contribution < -0.4 is 4.90 Å². The van der Waals surface area contributed by atoms with Gasteiger partial charge in [0.2, 0.25) is 0 Å². The van der Waals surface area contributed by atoms with Crippen molar-refractivity contribution in [2.24, 2.45) is 0 Å². The molecule has 1 aliphatic rings. The van der Waals surface area contributed by atoms with Gasteiger partial charge >= 0.3 is 0 Å². The van der Waals surface area contributed by atoms with E-state index in [1.165, 1.54) is 5.69 Å². The molecule has 2 aromatic heterocycles.